The fraction of sp³-hybridized carbons (Fsp3) is 0.667. The van der Waals surface area contributed by atoms with Crippen molar-refractivity contribution in [2.75, 3.05) is 18.5 Å². The molecule has 1 spiro atoms. The first-order valence-corrected chi connectivity index (χ1v) is 8.50. The van der Waals surface area contributed by atoms with Gasteiger partial charge in [0, 0.05) is 35.7 Å². The van der Waals surface area contributed by atoms with Crippen LogP contribution in [0.2, 0.25) is 0 Å². The van der Waals surface area contributed by atoms with Gasteiger partial charge in [-0.1, -0.05) is 12.5 Å². The highest BCUT2D eigenvalue weighted by atomic mass is 19.3. The molecule has 1 heterocycles. The van der Waals surface area contributed by atoms with Gasteiger partial charge < -0.3 is 14.8 Å². The smallest absolute Gasteiger partial charge is 0.272 e. The van der Waals surface area contributed by atoms with Gasteiger partial charge >= 0.3 is 0 Å². The molecular formula is C18H23F2NO2. The van der Waals surface area contributed by atoms with E-state index >= 15 is 0 Å². The number of fused-ring (bicyclic) bond motifs is 2. The van der Waals surface area contributed by atoms with Gasteiger partial charge in [0.2, 0.25) is 0 Å². The lowest BCUT2D eigenvalue weighted by atomic mass is 9.46. The predicted molar refractivity (Wildman–Crippen MR) is 84.2 cm³/mol. The fourth-order valence-corrected chi connectivity index (χ4v) is 4.63. The van der Waals surface area contributed by atoms with E-state index in [4.69, 9.17) is 9.47 Å². The highest BCUT2D eigenvalue weighted by Crippen LogP contribution is 2.63. The van der Waals surface area contributed by atoms with Crippen molar-refractivity contribution in [1.82, 2.24) is 0 Å². The molecule has 3 fully saturated rings. The van der Waals surface area contributed by atoms with Crippen LogP contribution in [-0.2, 0) is 4.74 Å². The Bertz CT molecular complexity index is 588. The van der Waals surface area contributed by atoms with Crippen LogP contribution in [0, 0.1) is 18.3 Å². The molecule has 3 nitrogen and oxygen atoms in total. The molecule has 0 aromatic heterocycles. The van der Waals surface area contributed by atoms with Crippen LogP contribution in [0.5, 0.6) is 5.75 Å². The summed E-state index contributed by atoms with van der Waals surface area (Å²) < 4.78 is 35.9. The molecule has 23 heavy (non-hydrogen) atoms. The van der Waals surface area contributed by atoms with Crippen molar-refractivity contribution in [3.05, 3.63) is 23.8 Å². The molecule has 0 amide bonds. The number of benzene rings is 1. The average Bonchev–Trinajstić information content (AvgIpc) is 2.88. The molecule has 3 atom stereocenters. The third kappa shape index (κ3) is 2.40. The summed E-state index contributed by atoms with van der Waals surface area (Å²) in [6.45, 7) is 2.18. The zero-order valence-corrected chi connectivity index (χ0v) is 13.4. The van der Waals surface area contributed by atoms with Crippen molar-refractivity contribution in [3.63, 3.8) is 0 Å². The summed E-state index contributed by atoms with van der Waals surface area (Å²) in [6, 6.07) is 6.24. The minimum atomic E-state index is -2.45. The minimum absolute atomic E-state index is 0.302. The first kappa shape index (κ1) is 15.2. The van der Waals surface area contributed by atoms with Crippen LogP contribution in [0.25, 0.3) is 0 Å². The van der Waals surface area contributed by atoms with E-state index in [0.29, 0.717) is 29.2 Å². The van der Waals surface area contributed by atoms with Gasteiger partial charge in [-0.3, -0.25) is 0 Å². The number of nitrogens with one attached hydrogen (secondary N) is 1. The number of hydrogen-bond acceptors (Lipinski definition) is 3. The minimum Gasteiger partial charge on any atom is -0.487 e. The van der Waals surface area contributed by atoms with Gasteiger partial charge in [0.25, 0.3) is 6.43 Å². The monoisotopic (exact) mass is 323 g/mol. The summed E-state index contributed by atoms with van der Waals surface area (Å²) in [5.74, 6) is 1.12. The highest BCUT2D eigenvalue weighted by Gasteiger charge is 2.66. The quantitative estimate of drug-likeness (QED) is 0.888. The van der Waals surface area contributed by atoms with Crippen LogP contribution in [-0.4, -0.2) is 31.8 Å². The summed E-state index contributed by atoms with van der Waals surface area (Å²) in [5.41, 5.74) is 2.14. The summed E-state index contributed by atoms with van der Waals surface area (Å²) in [7, 11) is 0. The SMILES string of the molecule is Cc1ccc(N[C@@H]2[C@@H]3CCO[C@@H]3C23CCC3)cc1OCC(F)F. The highest BCUT2D eigenvalue weighted by molar-refractivity contribution is 5.53. The summed E-state index contributed by atoms with van der Waals surface area (Å²) >= 11 is 0. The molecule has 0 bridgehead atoms. The van der Waals surface area contributed by atoms with E-state index in [-0.39, 0.29) is 0 Å². The maximum atomic E-state index is 12.4. The Morgan fingerprint density at radius 1 is 1.39 bits per heavy atom. The second kappa shape index (κ2) is 5.62. The molecule has 0 unspecified atom stereocenters. The maximum Gasteiger partial charge on any atom is 0.272 e. The van der Waals surface area contributed by atoms with Crippen LogP contribution >= 0.6 is 0 Å². The zero-order valence-electron chi connectivity index (χ0n) is 13.4. The Hall–Kier alpha value is -1.36. The molecule has 1 aromatic rings. The third-order valence-electron chi connectivity index (χ3n) is 5.91. The molecule has 1 aromatic carbocycles. The molecule has 3 aliphatic rings. The molecule has 2 saturated carbocycles. The van der Waals surface area contributed by atoms with Crippen molar-refractivity contribution in [1.29, 1.82) is 0 Å². The summed E-state index contributed by atoms with van der Waals surface area (Å²) in [5, 5.41) is 3.65. The Morgan fingerprint density at radius 2 is 2.22 bits per heavy atom. The summed E-state index contributed by atoms with van der Waals surface area (Å²) in [4.78, 5) is 0. The van der Waals surface area contributed by atoms with Gasteiger partial charge in [0.15, 0.2) is 0 Å². The Balaban J connectivity index is 1.49. The number of ether oxygens (including phenoxy) is 2. The lowest BCUT2D eigenvalue weighted by Crippen LogP contribution is -2.68. The largest absolute Gasteiger partial charge is 0.487 e. The van der Waals surface area contributed by atoms with Crippen LogP contribution in [0.3, 0.4) is 0 Å². The van der Waals surface area contributed by atoms with Crippen LogP contribution in [0.15, 0.2) is 18.2 Å². The Morgan fingerprint density at radius 3 is 2.91 bits per heavy atom. The van der Waals surface area contributed by atoms with E-state index < -0.39 is 13.0 Å². The molecule has 1 saturated heterocycles. The second-order valence-electron chi connectivity index (χ2n) is 7.14. The normalized spacial score (nSPS) is 30.7. The molecule has 5 heteroatoms. The zero-order chi connectivity index (χ0) is 16.0. The van der Waals surface area contributed by atoms with E-state index in [1.54, 1.807) is 0 Å². The number of anilines is 1. The lowest BCUT2D eigenvalue weighted by Gasteiger charge is -2.63. The van der Waals surface area contributed by atoms with Crippen molar-refractivity contribution < 1.29 is 18.3 Å². The van der Waals surface area contributed by atoms with Gasteiger partial charge in [0.1, 0.15) is 12.4 Å². The third-order valence-corrected chi connectivity index (χ3v) is 5.91. The summed E-state index contributed by atoms with van der Waals surface area (Å²) in [6.07, 6.45) is 2.83. The van der Waals surface area contributed by atoms with E-state index in [1.165, 1.54) is 19.3 Å². The van der Waals surface area contributed by atoms with E-state index in [9.17, 15) is 8.78 Å². The molecular weight excluding hydrogens is 300 g/mol. The number of halogens is 2. The van der Waals surface area contributed by atoms with Crippen molar-refractivity contribution in [2.24, 2.45) is 11.3 Å². The van der Waals surface area contributed by atoms with Gasteiger partial charge in [-0.05, 0) is 37.8 Å². The predicted octanol–water partition coefficient (Wildman–Crippen LogP) is 4.01. The van der Waals surface area contributed by atoms with Gasteiger partial charge in [0.05, 0.1) is 6.10 Å². The van der Waals surface area contributed by atoms with E-state index in [0.717, 1.165) is 24.3 Å². The van der Waals surface area contributed by atoms with Crippen LogP contribution in [0.4, 0.5) is 14.5 Å². The van der Waals surface area contributed by atoms with Crippen molar-refractivity contribution in [2.45, 2.75) is 51.2 Å². The second-order valence-corrected chi connectivity index (χ2v) is 7.14. The van der Waals surface area contributed by atoms with Crippen molar-refractivity contribution >= 4 is 5.69 Å². The first-order valence-electron chi connectivity index (χ1n) is 8.50. The van der Waals surface area contributed by atoms with Gasteiger partial charge in [-0.25, -0.2) is 8.78 Å². The average molecular weight is 323 g/mol. The molecule has 126 valence electrons. The van der Waals surface area contributed by atoms with Crippen LogP contribution < -0.4 is 10.1 Å². The van der Waals surface area contributed by atoms with E-state index in [2.05, 4.69) is 5.32 Å². The Labute approximate surface area is 135 Å². The molecule has 2 aliphatic carbocycles. The maximum absolute atomic E-state index is 12.4. The standard InChI is InChI=1S/C18H23F2NO2/c1-11-3-4-12(9-14(11)23-10-15(19)20)21-16-13-5-8-22-17(13)18(16)6-2-7-18/h3-4,9,13,15-17,21H,2,5-8,10H2,1H3/t13-,16+,17-/m0/s1. The number of aryl methyl sites for hydroxylation is 1. The van der Waals surface area contributed by atoms with Crippen LogP contribution in [0.1, 0.15) is 31.2 Å². The number of rotatable bonds is 5. The fourth-order valence-electron chi connectivity index (χ4n) is 4.63. The lowest BCUT2D eigenvalue weighted by molar-refractivity contribution is -0.158. The molecule has 1 aliphatic heterocycles. The number of hydrogen-bond donors (Lipinski definition) is 1. The first-order chi connectivity index (χ1) is 11.1. The van der Waals surface area contributed by atoms with Gasteiger partial charge in [-0.15, -0.1) is 0 Å². The molecule has 1 N–H and O–H groups in total. The van der Waals surface area contributed by atoms with Gasteiger partial charge in [-0.2, -0.15) is 0 Å². The molecule has 4 rings (SSSR count). The van der Waals surface area contributed by atoms with Crippen molar-refractivity contribution in [3.8, 4) is 5.75 Å². The van der Waals surface area contributed by atoms with E-state index in [1.807, 2.05) is 25.1 Å². The topological polar surface area (TPSA) is 30.5 Å². The Kier molecular flexibility index (Phi) is 3.71. The molecule has 0 radical (unpaired) electrons. The number of alkyl halides is 2.